The number of ether oxygens (including phenoxy) is 5. The van der Waals surface area contributed by atoms with Crippen LogP contribution in [0.1, 0.15) is 27.7 Å². The van der Waals surface area contributed by atoms with Crippen LogP contribution in [0.25, 0.3) is 10.4 Å². The topological polar surface area (TPSA) is 94.9 Å². The van der Waals surface area contributed by atoms with Gasteiger partial charge in [0.05, 0.1) is 12.6 Å². The summed E-state index contributed by atoms with van der Waals surface area (Å²) in [5, 5.41) is 3.82. The zero-order valence-corrected chi connectivity index (χ0v) is 12.0. The van der Waals surface area contributed by atoms with E-state index in [0.29, 0.717) is 6.61 Å². The summed E-state index contributed by atoms with van der Waals surface area (Å²) in [6, 6.07) is -0.491. The van der Waals surface area contributed by atoms with Gasteiger partial charge < -0.3 is 23.7 Å². The monoisotopic (exact) mass is 285 g/mol. The molecule has 0 radical (unpaired) electrons. The second kappa shape index (κ2) is 4.56. The standard InChI is InChI=1S/C12H19N3O5/c1-11(2)16-5-6(18-11)8-7(14-15-13)9-10(17-8)20-12(3,4)19-9/h6-10H,5H2,1-4H3/t6-,7-,8+,9+,10+/m1/s1. The highest BCUT2D eigenvalue weighted by molar-refractivity contribution is 5.01. The minimum atomic E-state index is -0.740. The van der Waals surface area contributed by atoms with Crippen LogP contribution in [0, 0.1) is 0 Å². The van der Waals surface area contributed by atoms with Gasteiger partial charge in [-0.25, -0.2) is 0 Å². The molecule has 0 amide bonds. The molecule has 0 N–H and O–H groups in total. The van der Waals surface area contributed by atoms with E-state index in [-0.39, 0.29) is 6.10 Å². The fourth-order valence-corrected chi connectivity index (χ4v) is 2.89. The van der Waals surface area contributed by atoms with Crippen molar-refractivity contribution in [2.45, 2.75) is 69.9 Å². The molecule has 3 saturated heterocycles. The van der Waals surface area contributed by atoms with Gasteiger partial charge in [-0.15, -0.1) is 0 Å². The van der Waals surface area contributed by atoms with Crippen molar-refractivity contribution in [2.75, 3.05) is 6.61 Å². The third kappa shape index (κ3) is 2.39. The highest BCUT2D eigenvalue weighted by atomic mass is 16.8. The first-order valence-electron chi connectivity index (χ1n) is 6.68. The van der Waals surface area contributed by atoms with E-state index >= 15 is 0 Å². The predicted octanol–water partition coefficient (Wildman–Crippen LogP) is 1.69. The maximum Gasteiger partial charge on any atom is 0.188 e. The van der Waals surface area contributed by atoms with Crippen LogP contribution in [0.2, 0.25) is 0 Å². The number of azide groups is 1. The summed E-state index contributed by atoms with van der Waals surface area (Å²) in [5.74, 6) is -1.40. The van der Waals surface area contributed by atoms with Crippen LogP contribution in [-0.4, -0.2) is 48.8 Å². The third-order valence-corrected chi connectivity index (χ3v) is 3.63. The smallest absolute Gasteiger partial charge is 0.188 e. The SMILES string of the molecule is CC1(C)O[C@@H]2O[C@@H]([C@H]3COC(C)(C)O3)[C@@H](N=[N+]=[N-])[C@@H]2O1. The summed E-state index contributed by atoms with van der Waals surface area (Å²) in [4.78, 5) is 2.90. The molecule has 3 rings (SSSR count). The molecule has 8 nitrogen and oxygen atoms in total. The normalized spacial score (nSPS) is 45.1. The van der Waals surface area contributed by atoms with Crippen LogP contribution in [0.15, 0.2) is 5.11 Å². The minimum Gasteiger partial charge on any atom is -0.348 e. The van der Waals surface area contributed by atoms with Crippen LogP contribution in [0.4, 0.5) is 0 Å². The Kier molecular flexibility index (Phi) is 3.20. The van der Waals surface area contributed by atoms with Gasteiger partial charge in [-0.2, -0.15) is 0 Å². The quantitative estimate of drug-likeness (QED) is 0.437. The Morgan fingerprint density at radius 2 is 1.80 bits per heavy atom. The van der Waals surface area contributed by atoms with Crippen LogP contribution >= 0.6 is 0 Å². The average Bonchev–Trinajstić information content (AvgIpc) is 2.91. The van der Waals surface area contributed by atoms with Gasteiger partial charge in [0.15, 0.2) is 17.9 Å². The Morgan fingerprint density at radius 1 is 1.05 bits per heavy atom. The Balaban J connectivity index is 1.78. The van der Waals surface area contributed by atoms with E-state index in [1.54, 1.807) is 13.8 Å². The molecule has 0 aromatic heterocycles. The number of fused-ring (bicyclic) bond motifs is 1. The molecule has 0 aromatic carbocycles. The van der Waals surface area contributed by atoms with Crippen LogP contribution in [0.3, 0.4) is 0 Å². The molecular weight excluding hydrogens is 266 g/mol. The fraction of sp³-hybridized carbons (Fsp3) is 1.00. The third-order valence-electron chi connectivity index (χ3n) is 3.63. The first kappa shape index (κ1) is 14.1. The minimum absolute atomic E-state index is 0.304. The molecule has 0 spiro atoms. The lowest BCUT2D eigenvalue weighted by Crippen LogP contribution is -2.41. The van der Waals surface area contributed by atoms with Gasteiger partial charge in [-0.1, -0.05) is 5.11 Å². The van der Waals surface area contributed by atoms with Crippen molar-refractivity contribution in [3.05, 3.63) is 10.4 Å². The first-order chi connectivity index (χ1) is 9.31. The summed E-state index contributed by atoms with van der Waals surface area (Å²) >= 11 is 0. The Bertz CT molecular complexity index is 448. The summed E-state index contributed by atoms with van der Waals surface area (Å²) in [6.45, 7) is 7.66. The van der Waals surface area contributed by atoms with Gasteiger partial charge >= 0.3 is 0 Å². The van der Waals surface area contributed by atoms with E-state index in [9.17, 15) is 0 Å². The summed E-state index contributed by atoms with van der Waals surface area (Å²) < 4.78 is 28.6. The molecule has 112 valence electrons. The van der Waals surface area contributed by atoms with E-state index in [0.717, 1.165) is 0 Å². The molecule has 3 heterocycles. The molecule has 20 heavy (non-hydrogen) atoms. The van der Waals surface area contributed by atoms with Crippen molar-refractivity contribution >= 4 is 0 Å². The van der Waals surface area contributed by atoms with Crippen LogP contribution in [-0.2, 0) is 23.7 Å². The molecule has 0 saturated carbocycles. The van der Waals surface area contributed by atoms with E-state index in [1.807, 2.05) is 13.8 Å². The molecule has 5 atom stereocenters. The van der Waals surface area contributed by atoms with Gasteiger partial charge in [0.1, 0.15) is 18.3 Å². The number of nitrogens with zero attached hydrogens (tertiary/aromatic N) is 3. The van der Waals surface area contributed by atoms with Gasteiger partial charge in [0, 0.05) is 4.91 Å². The Morgan fingerprint density at radius 3 is 2.40 bits per heavy atom. The molecule has 0 aliphatic carbocycles. The zero-order valence-electron chi connectivity index (χ0n) is 12.0. The van der Waals surface area contributed by atoms with Crippen molar-refractivity contribution in [3.63, 3.8) is 0 Å². The lowest BCUT2D eigenvalue weighted by molar-refractivity contribution is -0.222. The first-order valence-corrected chi connectivity index (χ1v) is 6.68. The highest BCUT2D eigenvalue weighted by Crippen LogP contribution is 2.41. The summed E-state index contributed by atoms with van der Waals surface area (Å²) in [7, 11) is 0. The van der Waals surface area contributed by atoms with Crippen molar-refractivity contribution in [1.29, 1.82) is 0 Å². The largest absolute Gasteiger partial charge is 0.348 e. The second-order valence-corrected chi connectivity index (χ2v) is 6.13. The van der Waals surface area contributed by atoms with Gasteiger partial charge in [-0.3, -0.25) is 0 Å². The van der Waals surface area contributed by atoms with E-state index in [4.69, 9.17) is 29.2 Å². The predicted molar refractivity (Wildman–Crippen MR) is 66.5 cm³/mol. The molecule has 0 bridgehead atoms. The van der Waals surface area contributed by atoms with Crippen LogP contribution < -0.4 is 0 Å². The maximum absolute atomic E-state index is 8.77. The highest BCUT2D eigenvalue weighted by Gasteiger charge is 2.57. The molecule has 0 unspecified atom stereocenters. The zero-order chi connectivity index (χ0) is 14.5. The molecular formula is C12H19N3O5. The second-order valence-electron chi connectivity index (χ2n) is 6.13. The Hall–Kier alpha value is -0.890. The Labute approximate surface area is 116 Å². The number of hydrogen-bond acceptors (Lipinski definition) is 6. The van der Waals surface area contributed by atoms with Crippen molar-refractivity contribution in [3.8, 4) is 0 Å². The lowest BCUT2D eigenvalue weighted by Gasteiger charge is -2.26. The lowest BCUT2D eigenvalue weighted by atomic mass is 10.0. The summed E-state index contributed by atoms with van der Waals surface area (Å²) in [5.41, 5.74) is 8.77. The van der Waals surface area contributed by atoms with Gasteiger partial charge in [-0.05, 0) is 33.2 Å². The van der Waals surface area contributed by atoms with E-state index < -0.39 is 36.1 Å². The molecule has 3 aliphatic rings. The van der Waals surface area contributed by atoms with Crippen molar-refractivity contribution in [2.24, 2.45) is 5.11 Å². The molecule has 3 aliphatic heterocycles. The van der Waals surface area contributed by atoms with Crippen molar-refractivity contribution in [1.82, 2.24) is 0 Å². The van der Waals surface area contributed by atoms with Gasteiger partial charge in [0.2, 0.25) is 0 Å². The van der Waals surface area contributed by atoms with Gasteiger partial charge in [0.25, 0.3) is 0 Å². The van der Waals surface area contributed by atoms with E-state index in [1.165, 1.54) is 0 Å². The number of hydrogen-bond donors (Lipinski definition) is 0. The maximum atomic E-state index is 8.77. The fourth-order valence-electron chi connectivity index (χ4n) is 2.89. The van der Waals surface area contributed by atoms with Crippen molar-refractivity contribution < 1.29 is 23.7 Å². The molecule has 3 fully saturated rings. The number of rotatable bonds is 2. The average molecular weight is 285 g/mol. The van der Waals surface area contributed by atoms with Crippen LogP contribution in [0.5, 0.6) is 0 Å². The molecule has 8 heteroatoms. The van der Waals surface area contributed by atoms with E-state index in [2.05, 4.69) is 10.0 Å². The molecule has 0 aromatic rings. The summed E-state index contributed by atoms with van der Waals surface area (Å²) in [6.07, 6.45) is -1.70.